The maximum atomic E-state index is 11.6. The maximum Gasteiger partial charge on any atom is 0.186 e. The molecule has 0 bridgehead atoms. The number of hydrogen-bond acceptors (Lipinski definition) is 4. The van der Waals surface area contributed by atoms with Crippen LogP contribution in [0.4, 0.5) is 0 Å². The summed E-state index contributed by atoms with van der Waals surface area (Å²) >= 11 is 0. The van der Waals surface area contributed by atoms with Crippen molar-refractivity contribution in [3.05, 3.63) is 45.7 Å². The minimum absolute atomic E-state index is 0.0661. The highest BCUT2D eigenvalue weighted by molar-refractivity contribution is 5.11. The zero-order valence-corrected chi connectivity index (χ0v) is 19.8. The van der Waals surface area contributed by atoms with Crippen LogP contribution in [0, 0.1) is 0 Å². The van der Waals surface area contributed by atoms with E-state index in [1.807, 2.05) is 0 Å². The molecule has 0 fully saturated rings. The summed E-state index contributed by atoms with van der Waals surface area (Å²) in [5.41, 5.74) is 2.03. The summed E-state index contributed by atoms with van der Waals surface area (Å²) in [6, 6.07) is 1.55. The molecule has 1 aliphatic heterocycles. The van der Waals surface area contributed by atoms with E-state index in [0.717, 1.165) is 43.7 Å². The van der Waals surface area contributed by atoms with Gasteiger partial charge >= 0.3 is 0 Å². The number of H-pyrrole nitrogens is 1. The number of hydrogen-bond donors (Lipinski definition) is 3. The molecular formula is C25H45N3O2. The van der Waals surface area contributed by atoms with E-state index in [9.17, 15) is 4.79 Å². The molecule has 1 aromatic heterocycles. The molecule has 2 heterocycles. The van der Waals surface area contributed by atoms with Gasteiger partial charge in [-0.2, -0.15) is 0 Å². The Labute approximate surface area is 184 Å². The molecule has 0 spiro atoms. The molecule has 0 aromatic carbocycles. The van der Waals surface area contributed by atoms with Crippen molar-refractivity contribution in [2.75, 3.05) is 13.1 Å². The number of unbranched alkanes of at least 4 members (excludes halogenated alkanes) is 6. The van der Waals surface area contributed by atoms with E-state index in [4.69, 9.17) is 4.74 Å². The molecule has 0 saturated heterocycles. The largest absolute Gasteiger partial charge is 0.491 e. The van der Waals surface area contributed by atoms with Crippen LogP contribution in [0.15, 0.2) is 34.7 Å². The van der Waals surface area contributed by atoms with Crippen LogP contribution < -0.4 is 16.1 Å². The Bertz CT molecular complexity index is 633. The molecule has 5 heteroatoms. The van der Waals surface area contributed by atoms with Crippen molar-refractivity contribution >= 4 is 0 Å². The molecule has 1 aliphatic rings. The first-order valence-electron chi connectivity index (χ1n) is 12.1. The highest BCUT2D eigenvalue weighted by atomic mass is 16.5. The molecule has 2 rings (SSSR count). The van der Waals surface area contributed by atoms with Crippen molar-refractivity contribution in [3.8, 4) is 0 Å². The third kappa shape index (κ3) is 10.9. The van der Waals surface area contributed by atoms with Gasteiger partial charge in [-0.05, 0) is 12.8 Å². The SMILES string of the molecule is CCC1=C(CCNCc2c[nH]ccc2=O)OC(CC)CN1.CCCCCCCCC. The lowest BCUT2D eigenvalue weighted by molar-refractivity contribution is 0.0860. The summed E-state index contributed by atoms with van der Waals surface area (Å²) in [5.74, 6) is 1.06. The van der Waals surface area contributed by atoms with Gasteiger partial charge in [-0.15, -0.1) is 0 Å². The summed E-state index contributed by atoms with van der Waals surface area (Å²) in [6.07, 6.45) is 16.5. The normalized spacial score (nSPS) is 15.8. The molecule has 3 N–H and O–H groups in total. The number of rotatable bonds is 13. The number of allylic oxidation sites excluding steroid dienone is 1. The summed E-state index contributed by atoms with van der Waals surface area (Å²) < 4.78 is 6.02. The second-order valence-electron chi connectivity index (χ2n) is 8.01. The van der Waals surface area contributed by atoms with E-state index in [0.29, 0.717) is 6.54 Å². The smallest absolute Gasteiger partial charge is 0.186 e. The molecule has 1 atom stereocenters. The molecule has 30 heavy (non-hydrogen) atoms. The van der Waals surface area contributed by atoms with E-state index in [1.165, 1.54) is 50.6 Å². The summed E-state index contributed by atoms with van der Waals surface area (Å²) in [6.45, 7) is 11.1. The van der Waals surface area contributed by atoms with Crippen molar-refractivity contribution in [2.24, 2.45) is 0 Å². The van der Waals surface area contributed by atoms with Crippen molar-refractivity contribution in [1.82, 2.24) is 15.6 Å². The molecular weight excluding hydrogens is 374 g/mol. The van der Waals surface area contributed by atoms with E-state index in [1.54, 1.807) is 18.5 Å². The summed E-state index contributed by atoms with van der Waals surface area (Å²) in [7, 11) is 0. The highest BCUT2D eigenvalue weighted by Crippen LogP contribution is 2.19. The van der Waals surface area contributed by atoms with Gasteiger partial charge in [0.2, 0.25) is 0 Å². The maximum absolute atomic E-state index is 11.6. The van der Waals surface area contributed by atoms with E-state index in [2.05, 4.69) is 43.3 Å². The van der Waals surface area contributed by atoms with Crippen molar-refractivity contribution in [2.45, 2.75) is 105 Å². The molecule has 0 saturated carbocycles. The van der Waals surface area contributed by atoms with Gasteiger partial charge in [0, 0.05) is 49.2 Å². The molecule has 1 unspecified atom stereocenters. The number of ether oxygens (including phenoxy) is 1. The lowest BCUT2D eigenvalue weighted by Gasteiger charge is -2.29. The van der Waals surface area contributed by atoms with Gasteiger partial charge in [-0.1, -0.05) is 72.6 Å². The zero-order chi connectivity index (χ0) is 22.0. The van der Waals surface area contributed by atoms with Crippen LogP contribution in [-0.2, 0) is 11.3 Å². The number of pyridine rings is 1. The van der Waals surface area contributed by atoms with E-state index < -0.39 is 0 Å². The van der Waals surface area contributed by atoms with Gasteiger partial charge in [0.15, 0.2) is 5.43 Å². The highest BCUT2D eigenvalue weighted by Gasteiger charge is 2.18. The van der Waals surface area contributed by atoms with Crippen molar-refractivity contribution in [3.63, 3.8) is 0 Å². The molecule has 0 radical (unpaired) electrons. The molecule has 172 valence electrons. The van der Waals surface area contributed by atoms with Crippen LogP contribution in [0.5, 0.6) is 0 Å². The first kappa shape index (κ1) is 26.3. The Morgan fingerprint density at radius 1 is 1.07 bits per heavy atom. The van der Waals surface area contributed by atoms with Crippen LogP contribution >= 0.6 is 0 Å². The van der Waals surface area contributed by atoms with Gasteiger partial charge in [-0.25, -0.2) is 0 Å². The Balaban J connectivity index is 0.000000424. The number of aromatic nitrogens is 1. The molecule has 0 aliphatic carbocycles. The topological polar surface area (TPSA) is 66.2 Å². The average Bonchev–Trinajstić information content (AvgIpc) is 2.78. The quantitative estimate of drug-likeness (QED) is 0.362. The Kier molecular flexibility index (Phi) is 14.9. The van der Waals surface area contributed by atoms with Crippen LogP contribution in [0.1, 0.15) is 97.5 Å². The predicted octanol–water partition coefficient (Wildman–Crippen LogP) is 5.63. The lowest BCUT2D eigenvalue weighted by atomic mass is 10.1. The molecule has 1 aromatic rings. The van der Waals surface area contributed by atoms with E-state index >= 15 is 0 Å². The standard InChI is InChI=1S/C16H25N3O2.C9H20/c1-3-13-11-19-14(4-2)16(21-13)6-8-18-10-12-9-17-7-5-15(12)20;1-3-5-7-9-8-6-4-2/h5,7,9,13,18-19H,3-4,6,8,10-11H2,1-2H3,(H,17,20);3-9H2,1-2H3. The Hall–Kier alpha value is -1.75. The lowest BCUT2D eigenvalue weighted by Crippen LogP contribution is -2.35. The Morgan fingerprint density at radius 3 is 2.37 bits per heavy atom. The van der Waals surface area contributed by atoms with Gasteiger partial charge in [0.25, 0.3) is 0 Å². The van der Waals surface area contributed by atoms with Crippen LogP contribution in [0.2, 0.25) is 0 Å². The van der Waals surface area contributed by atoms with Crippen molar-refractivity contribution < 1.29 is 4.74 Å². The van der Waals surface area contributed by atoms with Gasteiger partial charge in [-0.3, -0.25) is 4.79 Å². The monoisotopic (exact) mass is 419 g/mol. The Morgan fingerprint density at radius 2 is 1.77 bits per heavy atom. The first-order valence-corrected chi connectivity index (χ1v) is 12.1. The van der Waals surface area contributed by atoms with Crippen LogP contribution in [0.25, 0.3) is 0 Å². The first-order chi connectivity index (χ1) is 14.7. The van der Waals surface area contributed by atoms with Gasteiger partial charge < -0.3 is 20.4 Å². The second-order valence-corrected chi connectivity index (χ2v) is 8.01. The fraction of sp³-hybridized carbons (Fsp3) is 0.720. The molecule has 0 amide bonds. The minimum Gasteiger partial charge on any atom is -0.491 e. The third-order valence-corrected chi connectivity index (χ3v) is 5.45. The van der Waals surface area contributed by atoms with Gasteiger partial charge in [0.1, 0.15) is 11.9 Å². The fourth-order valence-electron chi connectivity index (χ4n) is 3.45. The minimum atomic E-state index is 0.0661. The zero-order valence-electron chi connectivity index (χ0n) is 19.8. The molecule has 5 nitrogen and oxygen atoms in total. The number of nitrogens with one attached hydrogen (secondary N) is 3. The number of aromatic amines is 1. The summed E-state index contributed by atoms with van der Waals surface area (Å²) in [4.78, 5) is 14.5. The van der Waals surface area contributed by atoms with Crippen LogP contribution in [0.3, 0.4) is 0 Å². The van der Waals surface area contributed by atoms with E-state index in [-0.39, 0.29) is 11.5 Å². The average molecular weight is 420 g/mol. The van der Waals surface area contributed by atoms with Crippen LogP contribution in [-0.4, -0.2) is 24.2 Å². The summed E-state index contributed by atoms with van der Waals surface area (Å²) in [5, 5.41) is 6.76. The van der Waals surface area contributed by atoms with Gasteiger partial charge in [0.05, 0.1) is 6.54 Å². The fourth-order valence-corrected chi connectivity index (χ4v) is 3.45. The predicted molar refractivity (Wildman–Crippen MR) is 128 cm³/mol. The third-order valence-electron chi connectivity index (χ3n) is 5.45. The van der Waals surface area contributed by atoms with Crippen molar-refractivity contribution in [1.29, 1.82) is 0 Å². The second kappa shape index (κ2) is 17.0.